The second-order valence-corrected chi connectivity index (χ2v) is 18.1. The molecule has 6 rings (SSSR count). The van der Waals surface area contributed by atoms with Gasteiger partial charge in [0.25, 0.3) is 22.2 Å². The van der Waals surface area contributed by atoms with Crippen molar-refractivity contribution >= 4 is 37.4 Å². The van der Waals surface area contributed by atoms with E-state index in [2.05, 4.69) is 31.1 Å². The van der Waals surface area contributed by atoms with Crippen LogP contribution in [0.25, 0.3) is 21.5 Å². The van der Waals surface area contributed by atoms with Crippen LogP contribution < -0.4 is 32.9 Å². The summed E-state index contributed by atoms with van der Waals surface area (Å²) in [6.45, 7) is 17.9. The number of nitrogens with one attached hydrogen (secondary N) is 2. The van der Waals surface area contributed by atoms with Crippen LogP contribution in [0.3, 0.4) is 0 Å². The molecule has 4 atom stereocenters. The summed E-state index contributed by atoms with van der Waals surface area (Å²) in [6, 6.07) is 14.7. The normalized spacial score (nSPS) is 20.6. The number of nitrogens with zero attached hydrogens (tertiary/aromatic N) is 4. The summed E-state index contributed by atoms with van der Waals surface area (Å²) in [5.41, 5.74) is 0.560. The predicted octanol–water partition coefficient (Wildman–Crippen LogP) is 5.76. The molecule has 4 heterocycles. The maximum atomic E-state index is 13.3. The largest absolute Gasteiger partial charge is 0.392 e. The van der Waals surface area contributed by atoms with E-state index >= 15 is 0 Å². The first-order valence-corrected chi connectivity index (χ1v) is 19.2. The minimum atomic E-state index is -0.699. The molecule has 0 saturated carbocycles. The topological polar surface area (TPSA) is 112 Å². The summed E-state index contributed by atoms with van der Waals surface area (Å²) in [6.07, 6.45) is 1.75. The Morgan fingerprint density at radius 2 is 0.870 bits per heavy atom. The molecule has 248 valence electrons. The van der Waals surface area contributed by atoms with Gasteiger partial charge < -0.3 is 10.6 Å². The standard InChI is InChI=1S/C26H28N4O4P2.C4H11N.C4H9N/c1-15-27-23(31)19-9-5-6-10-20(19)24(32)28(27)16(2)35(15)13-14-36-17(3)29-25(33)21-11-7-8-12-22(21)26(34)30(29)18(36)4;2*1-4(2)5-3/h5-12,15-18H,13-14H2,1-4H3;4-5H,1-3H3;5H,1H2,2-3H3/t15-,16-,17-,18-;;/m0../s1. The van der Waals surface area contributed by atoms with Crippen LogP contribution in [0.2, 0.25) is 0 Å². The number of rotatable bonds is 5. The third-order valence-electron chi connectivity index (χ3n) is 9.03. The molecule has 0 bridgehead atoms. The van der Waals surface area contributed by atoms with Crippen LogP contribution in [-0.2, 0) is 0 Å². The fourth-order valence-corrected chi connectivity index (χ4v) is 12.7. The highest BCUT2D eigenvalue weighted by atomic mass is 31.1. The van der Waals surface area contributed by atoms with Crippen LogP contribution in [0.15, 0.2) is 80.0 Å². The molecule has 10 nitrogen and oxygen atoms in total. The Kier molecular flexibility index (Phi) is 11.3. The van der Waals surface area contributed by atoms with Crippen molar-refractivity contribution in [3.63, 3.8) is 0 Å². The lowest BCUT2D eigenvalue weighted by Gasteiger charge is -2.24. The molecular formula is C34H48N6O4P2. The Balaban J connectivity index is 0.000000421. The molecule has 2 N–H and O–H groups in total. The van der Waals surface area contributed by atoms with E-state index in [1.165, 1.54) is 0 Å². The summed E-state index contributed by atoms with van der Waals surface area (Å²) in [4.78, 5) is 53.3. The Morgan fingerprint density at radius 1 is 0.652 bits per heavy atom. The van der Waals surface area contributed by atoms with Crippen molar-refractivity contribution in [2.24, 2.45) is 0 Å². The van der Waals surface area contributed by atoms with E-state index in [-0.39, 0.29) is 45.4 Å². The first-order chi connectivity index (χ1) is 21.8. The monoisotopic (exact) mass is 666 g/mol. The molecule has 46 heavy (non-hydrogen) atoms. The zero-order valence-electron chi connectivity index (χ0n) is 28.4. The molecule has 0 aliphatic carbocycles. The van der Waals surface area contributed by atoms with Crippen molar-refractivity contribution < 1.29 is 0 Å². The van der Waals surface area contributed by atoms with Gasteiger partial charge in [0.15, 0.2) is 0 Å². The molecule has 0 fully saturated rings. The highest BCUT2D eigenvalue weighted by Crippen LogP contribution is 2.66. The molecule has 0 unspecified atom stereocenters. The van der Waals surface area contributed by atoms with Crippen LogP contribution in [0.4, 0.5) is 0 Å². The quantitative estimate of drug-likeness (QED) is 0.262. The summed E-state index contributed by atoms with van der Waals surface area (Å²) in [5.74, 6) is -0.228. The molecule has 0 amide bonds. The Bertz CT molecular complexity index is 1720. The Hall–Kier alpha value is -3.32. The number of benzene rings is 2. The maximum absolute atomic E-state index is 13.3. The second-order valence-electron chi connectivity index (χ2n) is 12.2. The van der Waals surface area contributed by atoms with Crippen molar-refractivity contribution in [1.82, 2.24) is 29.4 Å². The number of aromatic nitrogens is 4. The van der Waals surface area contributed by atoms with E-state index in [1.54, 1.807) is 67.3 Å². The molecule has 2 aliphatic heterocycles. The predicted molar refractivity (Wildman–Crippen MR) is 195 cm³/mol. The average Bonchev–Trinajstić information content (AvgIpc) is 3.45. The number of fused-ring (bicyclic) bond motifs is 4. The lowest BCUT2D eigenvalue weighted by atomic mass is 10.2. The third kappa shape index (κ3) is 6.45. The van der Waals surface area contributed by atoms with Gasteiger partial charge in [-0.25, -0.2) is 18.7 Å². The molecule has 2 aliphatic rings. The van der Waals surface area contributed by atoms with E-state index in [9.17, 15) is 19.2 Å². The van der Waals surface area contributed by atoms with Gasteiger partial charge in [-0.1, -0.05) is 60.5 Å². The SMILES string of the molecule is C=C(C)NC.CNC(C)C.C[C@H]1n2c(=O)c3ccccc3c(=O)n2[C@H](C)P1CCP1[C@@H](C)n2c(=O)c3ccccc3c(=O)n2[C@@H]1C. The first kappa shape index (κ1) is 35.5. The molecule has 12 heteroatoms. The van der Waals surface area contributed by atoms with Crippen molar-refractivity contribution in [1.29, 1.82) is 0 Å². The van der Waals surface area contributed by atoms with Crippen LogP contribution in [0, 0.1) is 0 Å². The Labute approximate surface area is 272 Å². The van der Waals surface area contributed by atoms with Crippen molar-refractivity contribution in [3.05, 3.63) is 102 Å². The summed E-state index contributed by atoms with van der Waals surface area (Å²) in [7, 11) is 2.40. The second kappa shape index (κ2) is 14.6. The zero-order valence-corrected chi connectivity index (χ0v) is 30.2. The van der Waals surface area contributed by atoms with E-state index in [0.717, 1.165) is 18.0 Å². The Morgan fingerprint density at radius 3 is 1.04 bits per heavy atom. The van der Waals surface area contributed by atoms with Gasteiger partial charge in [-0.05, 0) is 84.0 Å². The van der Waals surface area contributed by atoms with Crippen LogP contribution in [0.5, 0.6) is 0 Å². The fraction of sp³-hybridized carbons (Fsp3) is 0.471. The molecule has 2 aromatic heterocycles. The van der Waals surface area contributed by atoms with Gasteiger partial charge in [0, 0.05) is 13.1 Å². The summed E-state index contributed by atoms with van der Waals surface area (Å²) < 4.78 is 6.69. The van der Waals surface area contributed by atoms with E-state index in [0.29, 0.717) is 27.6 Å². The fourth-order valence-electron chi connectivity index (χ4n) is 6.16. The summed E-state index contributed by atoms with van der Waals surface area (Å²) in [5, 5.41) is 7.74. The molecular weight excluding hydrogens is 618 g/mol. The number of allylic oxidation sites excluding steroid dienone is 1. The minimum absolute atomic E-state index is 0.0570. The molecule has 0 saturated heterocycles. The zero-order chi connectivity index (χ0) is 34.0. The molecule has 0 radical (unpaired) electrons. The van der Waals surface area contributed by atoms with E-state index in [4.69, 9.17) is 0 Å². The van der Waals surface area contributed by atoms with E-state index < -0.39 is 15.8 Å². The first-order valence-electron chi connectivity index (χ1n) is 15.8. The van der Waals surface area contributed by atoms with Crippen LogP contribution >= 0.6 is 15.8 Å². The molecule has 2 aromatic carbocycles. The van der Waals surface area contributed by atoms with Gasteiger partial charge in [0.05, 0.1) is 44.7 Å². The van der Waals surface area contributed by atoms with Gasteiger partial charge in [-0.15, -0.1) is 0 Å². The summed E-state index contributed by atoms with van der Waals surface area (Å²) >= 11 is 0. The number of hydrogen-bond donors (Lipinski definition) is 2. The lowest BCUT2D eigenvalue weighted by molar-refractivity contribution is 0.471. The molecule has 4 aromatic rings. The highest BCUT2D eigenvalue weighted by molar-refractivity contribution is 7.62. The molecule has 0 spiro atoms. The van der Waals surface area contributed by atoms with Gasteiger partial charge in [-0.3, -0.25) is 19.2 Å². The van der Waals surface area contributed by atoms with Crippen molar-refractivity contribution in [2.75, 3.05) is 26.4 Å². The minimum Gasteiger partial charge on any atom is -0.392 e. The van der Waals surface area contributed by atoms with Gasteiger partial charge in [0.1, 0.15) is 0 Å². The van der Waals surface area contributed by atoms with Gasteiger partial charge in [-0.2, -0.15) is 0 Å². The maximum Gasteiger partial charge on any atom is 0.273 e. The highest BCUT2D eigenvalue weighted by Gasteiger charge is 2.41. The number of hydrogen-bond acceptors (Lipinski definition) is 6. The average molecular weight is 667 g/mol. The van der Waals surface area contributed by atoms with Crippen LogP contribution in [0.1, 0.15) is 71.6 Å². The van der Waals surface area contributed by atoms with E-state index in [1.807, 2.05) is 48.7 Å². The van der Waals surface area contributed by atoms with Crippen LogP contribution in [-0.4, -0.2) is 51.2 Å². The lowest BCUT2D eigenvalue weighted by Crippen LogP contribution is -2.36. The van der Waals surface area contributed by atoms with Gasteiger partial charge in [0.2, 0.25) is 0 Å². The smallest absolute Gasteiger partial charge is 0.273 e. The van der Waals surface area contributed by atoms with Crippen molar-refractivity contribution in [2.45, 2.75) is 77.6 Å². The van der Waals surface area contributed by atoms with Gasteiger partial charge >= 0.3 is 0 Å². The van der Waals surface area contributed by atoms with Crippen molar-refractivity contribution in [3.8, 4) is 0 Å². The third-order valence-corrected chi connectivity index (χ3v) is 15.6.